The zero-order valence-corrected chi connectivity index (χ0v) is 17.1. The first-order chi connectivity index (χ1) is 13.8. The highest BCUT2D eigenvalue weighted by Crippen LogP contribution is 2.21. The van der Waals surface area contributed by atoms with Gasteiger partial charge in [0.25, 0.3) is 0 Å². The lowest BCUT2D eigenvalue weighted by atomic mass is 10.1. The number of hydrogen-bond acceptors (Lipinski definition) is 3. The Morgan fingerprint density at radius 1 is 1.07 bits per heavy atom. The van der Waals surface area contributed by atoms with Gasteiger partial charge in [-0.3, -0.25) is 4.79 Å². The van der Waals surface area contributed by atoms with Gasteiger partial charge in [0.15, 0.2) is 0 Å². The maximum atomic E-state index is 12.7. The average molecular weight is 391 g/mol. The second-order valence-corrected chi connectivity index (χ2v) is 7.28. The predicted octanol–water partition coefficient (Wildman–Crippen LogP) is 3.70. The Morgan fingerprint density at radius 2 is 1.79 bits per heavy atom. The van der Waals surface area contributed by atoms with Crippen molar-refractivity contribution in [2.75, 3.05) is 7.05 Å². The Morgan fingerprint density at radius 3 is 2.48 bits per heavy atom. The highest BCUT2D eigenvalue weighted by atomic mass is 16.4. The van der Waals surface area contributed by atoms with Gasteiger partial charge in [0.05, 0.1) is 23.4 Å². The largest absolute Gasteiger partial charge is 0.478 e. The fourth-order valence-electron chi connectivity index (χ4n) is 3.39. The van der Waals surface area contributed by atoms with Crippen molar-refractivity contribution in [3.8, 4) is 5.69 Å². The molecular weight excluding hydrogens is 366 g/mol. The van der Waals surface area contributed by atoms with Gasteiger partial charge in [-0.2, -0.15) is 5.10 Å². The van der Waals surface area contributed by atoms with E-state index in [0.717, 1.165) is 28.2 Å². The van der Waals surface area contributed by atoms with E-state index in [1.165, 1.54) is 6.07 Å². The number of carbonyl (C=O) groups excluding carboxylic acids is 1. The molecule has 6 heteroatoms. The molecule has 0 saturated carbocycles. The van der Waals surface area contributed by atoms with E-state index >= 15 is 0 Å². The molecule has 0 atom stereocenters. The standard InChI is InChI=1S/C23H25N3O3/c1-15-8-5-6-11-21(15)26-17(3)20(16(2)24-26)14-25(4)22(27)13-18-9-7-10-19(12-18)23(28)29/h5-12H,13-14H2,1-4H3,(H,28,29). The molecule has 3 rings (SSSR count). The van der Waals surface area contributed by atoms with Crippen molar-refractivity contribution < 1.29 is 14.7 Å². The first-order valence-electron chi connectivity index (χ1n) is 9.45. The molecule has 0 saturated heterocycles. The number of hydrogen-bond donors (Lipinski definition) is 1. The topological polar surface area (TPSA) is 75.4 Å². The Hall–Kier alpha value is -3.41. The monoisotopic (exact) mass is 391 g/mol. The Bertz CT molecular complexity index is 1070. The van der Waals surface area contributed by atoms with Gasteiger partial charge in [-0.1, -0.05) is 30.3 Å². The summed E-state index contributed by atoms with van der Waals surface area (Å²) in [5, 5.41) is 13.8. The summed E-state index contributed by atoms with van der Waals surface area (Å²) in [6.45, 7) is 6.45. The number of aryl methyl sites for hydroxylation is 2. The molecule has 0 bridgehead atoms. The van der Waals surface area contributed by atoms with Gasteiger partial charge < -0.3 is 10.0 Å². The van der Waals surface area contributed by atoms with E-state index in [1.54, 1.807) is 30.1 Å². The Labute approximate surface area is 170 Å². The molecule has 0 fully saturated rings. The van der Waals surface area contributed by atoms with Gasteiger partial charge in [-0.05, 0) is 50.1 Å². The quantitative estimate of drug-likeness (QED) is 0.695. The molecule has 1 N–H and O–H groups in total. The molecule has 0 radical (unpaired) electrons. The van der Waals surface area contributed by atoms with Gasteiger partial charge in [0.1, 0.15) is 0 Å². The molecule has 2 aromatic carbocycles. The summed E-state index contributed by atoms with van der Waals surface area (Å²) in [5.41, 5.74) is 5.94. The Balaban J connectivity index is 1.78. The van der Waals surface area contributed by atoms with E-state index in [-0.39, 0.29) is 17.9 Å². The van der Waals surface area contributed by atoms with Crippen LogP contribution in [0.3, 0.4) is 0 Å². The molecule has 1 amide bonds. The number of aromatic nitrogens is 2. The third-order valence-corrected chi connectivity index (χ3v) is 5.14. The minimum Gasteiger partial charge on any atom is -0.478 e. The van der Waals surface area contributed by atoms with Crippen LogP contribution in [-0.2, 0) is 17.8 Å². The zero-order chi connectivity index (χ0) is 21.1. The molecule has 0 unspecified atom stereocenters. The van der Waals surface area contributed by atoms with E-state index in [0.29, 0.717) is 12.1 Å². The van der Waals surface area contributed by atoms with Gasteiger partial charge in [0.2, 0.25) is 5.91 Å². The third-order valence-electron chi connectivity index (χ3n) is 5.14. The second kappa shape index (κ2) is 8.31. The number of aromatic carboxylic acids is 1. The van der Waals surface area contributed by atoms with Crippen LogP contribution in [0.1, 0.15) is 38.4 Å². The van der Waals surface area contributed by atoms with Gasteiger partial charge in [0, 0.05) is 24.8 Å². The van der Waals surface area contributed by atoms with Gasteiger partial charge >= 0.3 is 5.97 Å². The van der Waals surface area contributed by atoms with Crippen molar-refractivity contribution in [1.82, 2.24) is 14.7 Å². The first-order valence-corrected chi connectivity index (χ1v) is 9.45. The summed E-state index contributed by atoms with van der Waals surface area (Å²) in [4.78, 5) is 25.5. The van der Waals surface area contributed by atoms with Crippen LogP contribution in [-0.4, -0.2) is 38.7 Å². The van der Waals surface area contributed by atoms with Gasteiger partial charge in [-0.15, -0.1) is 0 Å². The molecular formula is C23H25N3O3. The maximum absolute atomic E-state index is 12.7. The number of para-hydroxylation sites is 1. The molecule has 1 heterocycles. The first kappa shape index (κ1) is 20.3. The van der Waals surface area contributed by atoms with Crippen molar-refractivity contribution in [2.45, 2.75) is 33.7 Å². The number of amides is 1. The highest BCUT2D eigenvalue weighted by Gasteiger charge is 2.18. The number of benzene rings is 2. The normalized spacial score (nSPS) is 10.8. The lowest BCUT2D eigenvalue weighted by Crippen LogP contribution is -2.28. The fourth-order valence-corrected chi connectivity index (χ4v) is 3.39. The minimum absolute atomic E-state index is 0.0741. The molecule has 0 aliphatic carbocycles. The van der Waals surface area contributed by atoms with Crippen molar-refractivity contribution in [2.24, 2.45) is 0 Å². The van der Waals surface area contributed by atoms with Crippen LogP contribution in [0.25, 0.3) is 5.69 Å². The molecule has 29 heavy (non-hydrogen) atoms. The fraction of sp³-hybridized carbons (Fsp3) is 0.261. The lowest BCUT2D eigenvalue weighted by Gasteiger charge is -2.18. The van der Waals surface area contributed by atoms with E-state index in [1.807, 2.05) is 49.7 Å². The van der Waals surface area contributed by atoms with Crippen molar-refractivity contribution in [3.63, 3.8) is 0 Å². The number of carbonyl (C=O) groups is 2. The summed E-state index contributed by atoms with van der Waals surface area (Å²) in [6, 6.07) is 14.6. The molecule has 1 aromatic heterocycles. The summed E-state index contributed by atoms with van der Waals surface area (Å²) < 4.78 is 1.93. The van der Waals surface area contributed by atoms with Crippen LogP contribution in [0.15, 0.2) is 48.5 Å². The Kier molecular flexibility index (Phi) is 5.82. The molecule has 0 aliphatic rings. The summed E-state index contributed by atoms with van der Waals surface area (Å²) in [5.74, 6) is -1.07. The molecule has 0 spiro atoms. The highest BCUT2D eigenvalue weighted by molar-refractivity contribution is 5.88. The third kappa shape index (κ3) is 4.37. The summed E-state index contributed by atoms with van der Waals surface area (Å²) >= 11 is 0. The van der Waals surface area contributed by atoms with Gasteiger partial charge in [-0.25, -0.2) is 9.48 Å². The van der Waals surface area contributed by atoms with Crippen LogP contribution >= 0.6 is 0 Å². The lowest BCUT2D eigenvalue weighted by molar-refractivity contribution is -0.129. The van der Waals surface area contributed by atoms with Crippen LogP contribution in [0.2, 0.25) is 0 Å². The van der Waals surface area contributed by atoms with Crippen LogP contribution in [0.5, 0.6) is 0 Å². The zero-order valence-electron chi connectivity index (χ0n) is 17.1. The molecule has 0 aliphatic heterocycles. The number of nitrogens with zero attached hydrogens (tertiary/aromatic N) is 3. The smallest absolute Gasteiger partial charge is 0.335 e. The minimum atomic E-state index is -0.998. The number of carboxylic acid groups (broad SMARTS) is 1. The predicted molar refractivity (Wildman–Crippen MR) is 111 cm³/mol. The second-order valence-electron chi connectivity index (χ2n) is 7.28. The summed E-state index contributed by atoms with van der Waals surface area (Å²) in [6.07, 6.45) is 0.154. The number of rotatable bonds is 6. The average Bonchev–Trinajstić information content (AvgIpc) is 2.96. The molecule has 150 valence electrons. The van der Waals surface area contributed by atoms with E-state index < -0.39 is 5.97 Å². The van der Waals surface area contributed by atoms with Crippen LogP contribution in [0.4, 0.5) is 0 Å². The van der Waals surface area contributed by atoms with Crippen molar-refractivity contribution >= 4 is 11.9 Å². The van der Waals surface area contributed by atoms with E-state index in [9.17, 15) is 9.59 Å². The number of likely N-dealkylation sites (N-methyl/N-ethyl adjacent to an activating group) is 1. The SMILES string of the molecule is Cc1ccccc1-n1nc(C)c(CN(C)C(=O)Cc2cccc(C(=O)O)c2)c1C. The van der Waals surface area contributed by atoms with Crippen molar-refractivity contribution in [3.05, 3.63) is 82.2 Å². The summed E-state index contributed by atoms with van der Waals surface area (Å²) in [7, 11) is 1.76. The van der Waals surface area contributed by atoms with Crippen molar-refractivity contribution in [1.29, 1.82) is 0 Å². The van der Waals surface area contributed by atoms with Crippen LogP contribution < -0.4 is 0 Å². The molecule has 3 aromatic rings. The number of carboxylic acids is 1. The van der Waals surface area contributed by atoms with E-state index in [4.69, 9.17) is 5.11 Å². The molecule has 6 nitrogen and oxygen atoms in total. The van der Waals surface area contributed by atoms with E-state index in [2.05, 4.69) is 5.10 Å². The maximum Gasteiger partial charge on any atom is 0.335 e. The van der Waals surface area contributed by atoms with Crippen LogP contribution in [0, 0.1) is 20.8 Å².